The standard InChI is InChI=1S/C32H66O6/c1-29(23-19-15-11-9-13-17-21-27-31(33-3,34-4)35-5)25-26-30(2)24-20-16-12-10-14-18-22-28-32(36-6,37-7)38-8/h29-30H,9-28H2,1-8H3. The van der Waals surface area contributed by atoms with Crippen molar-refractivity contribution in [3.63, 3.8) is 0 Å². The first-order chi connectivity index (χ1) is 18.4. The second kappa shape index (κ2) is 24.5. The average Bonchev–Trinajstić information content (AvgIpc) is 2.95. The van der Waals surface area contributed by atoms with Crippen LogP contribution in [0.5, 0.6) is 0 Å². The molecule has 0 heterocycles. The summed E-state index contributed by atoms with van der Waals surface area (Å²) in [5.74, 6) is 0.0251. The average molecular weight is 547 g/mol. The molecule has 0 spiro atoms. The second-order valence-electron chi connectivity index (χ2n) is 11.4. The molecule has 0 saturated carbocycles. The van der Waals surface area contributed by atoms with E-state index in [9.17, 15) is 0 Å². The summed E-state index contributed by atoms with van der Waals surface area (Å²) in [6.07, 6.45) is 25.2. The molecule has 6 heteroatoms. The van der Waals surface area contributed by atoms with Crippen molar-refractivity contribution in [1.82, 2.24) is 0 Å². The molecule has 230 valence electrons. The van der Waals surface area contributed by atoms with Gasteiger partial charge in [0, 0.05) is 55.5 Å². The Bertz CT molecular complexity index is 432. The summed E-state index contributed by atoms with van der Waals surface area (Å²) in [4.78, 5) is 0. The van der Waals surface area contributed by atoms with Gasteiger partial charge in [0.1, 0.15) is 0 Å². The van der Waals surface area contributed by atoms with Gasteiger partial charge in [0.25, 0.3) is 11.9 Å². The Morgan fingerprint density at radius 1 is 0.342 bits per heavy atom. The van der Waals surface area contributed by atoms with Crippen molar-refractivity contribution < 1.29 is 28.4 Å². The van der Waals surface area contributed by atoms with E-state index in [0.29, 0.717) is 0 Å². The Morgan fingerprint density at radius 3 is 0.842 bits per heavy atom. The fraction of sp³-hybridized carbons (Fsp3) is 1.00. The second-order valence-corrected chi connectivity index (χ2v) is 11.4. The molecule has 0 amide bonds. The molecule has 2 unspecified atom stereocenters. The predicted molar refractivity (Wildman–Crippen MR) is 158 cm³/mol. The highest BCUT2D eigenvalue weighted by molar-refractivity contribution is 4.61. The number of hydrogen-bond donors (Lipinski definition) is 0. The van der Waals surface area contributed by atoms with E-state index in [1.807, 2.05) is 0 Å². The normalized spacial score (nSPS) is 14.2. The molecule has 0 aromatic carbocycles. The zero-order valence-electron chi connectivity index (χ0n) is 26.7. The maximum atomic E-state index is 5.36. The van der Waals surface area contributed by atoms with Gasteiger partial charge in [-0.2, -0.15) is 0 Å². The van der Waals surface area contributed by atoms with Crippen molar-refractivity contribution >= 4 is 0 Å². The van der Waals surface area contributed by atoms with Crippen molar-refractivity contribution in [3.05, 3.63) is 0 Å². The van der Waals surface area contributed by atoms with Crippen LogP contribution in [0.4, 0.5) is 0 Å². The van der Waals surface area contributed by atoms with E-state index in [2.05, 4.69) is 13.8 Å². The molecular formula is C32H66O6. The third-order valence-corrected chi connectivity index (χ3v) is 8.38. The highest BCUT2D eigenvalue weighted by Crippen LogP contribution is 2.24. The topological polar surface area (TPSA) is 55.4 Å². The quantitative estimate of drug-likeness (QED) is 0.0688. The molecule has 0 N–H and O–H groups in total. The third kappa shape index (κ3) is 18.2. The van der Waals surface area contributed by atoms with Crippen molar-refractivity contribution in [2.24, 2.45) is 11.8 Å². The maximum absolute atomic E-state index is 5.36. The van der Waals surface area contributed by atoms with E-state index in [-0.39, 0.29) is 0 Å². The Hall–Kier alpha value is -0.240. The van der Waals surface area contributed by atoms with Gasteiger partial charge in [-0.3, -0.25) is 0 Å². The monoisotopic (exact) mass is 546 g/mol. The molecule has 0 bridgehead atoms. The lowest BCUT2D eigenvalue weighted by Crippen LogP contribution is -2.35. The van der Waals surface area contributed by atoms with Gasteiger partial charge in [-0.1, -0.05) is 117 Å². The molecule has 6 nitrogen and oxygen atoms in total. The van der Waals surface area contributed by atoms with Crippen molar-refractivity contribution in [2.45, 2.75) is 154 Å². The number of rotatable bonds is 29. The minimum absolute atomic E-state index is 0.786. The van der Waals surface area contributed by atoms with E-state index in [1.54, 1.807) is 42.7 Å². The lowest BCUT2D eigenvalue weighted by Gasteiger charge is -2.28. The van der Waals surface area contributed by atoms with Crippen LogP contribution in [0, 0.1) is 11.8 Å². The first kappa shape index (κ1) is 37.8. The van der Waals surface area contributed by atoms with E-state index in [4.69, 9.17) is 28.4 Å². The number of methoxy groups -OCH3 is 6. The van der Waals surface area contributed by atoms with Gasteiger partial charge in [0.05, 0.1) is 0 Å². The van der Waals surface area contributed by atoms with Crippen LogP contribution in [0.15, 0.2) is 0 Å². The highest BCUT2D eigenvalue weighted by Gasteiger charge is 2.29. The summed E-state index contributed by atoms with van der Waals surface area (Å²) >= 11 is 0. The van der Waals surface area contributed by atoms with Crippen LogP contribution in [-0.4, -0.2) is 54.6 Å². The van der Waals surface area contributed by atoms with Crippen molar-refractivity contribution in [2.75, 3.05) is 42.7 Å². The first-order valence-corrected chi connectivity index (χ1v) is 15.7. The minimum Gasteiger partial charge on any atom is -0.331 e. The maximum Gasteiger partial charge on any atom is 0.282 e. The van der Waals surface area contributed by atoms with Crippen LogP contribution in [0.25, 0.3) is 0 Å². The number of hydrogen-bond acceptors (Lipinski definition) is 6. The molecule has 0 fully saturated rings. The van der Waals surface area contributed by atoms with Crippen LogP contribution in [-0.2, 0) is 28.4 Å². The number of unbranched alkanes of at least 4 members (excludes halogenated alkanes) is 12. The van der Waals surface area contributed by atoms with E-state index in [1.165, 1.54) is 103 Å². The van der Waals surface area contributed by atoms with Crippen LogP contribution >= 0.6 is 0 Å². The summed E-state index contributed by atoms with van der Waals surface area (Å²) in [6, 6.07) is 0. The zero-order valence-corrected chi connectivity index (χ0v) is 26.7. The molecule has 0 saturated heterocycles. The smallest absolute Gasteiger partial charge is 0.282 e. The van der Waals surface area contributed by atoms with Crippen LogP contribution in [0.1, 0.15) is 142 Å². The molecule has 38 heavy (non-hydrogen) atoms. The predicted octanol–water partition coefficient (Wildman–Crippen LogP) is 9.25. The lowest BCUT2D eigenvalue weighted by atomic mass is 9.91. The Kier molecular flexibility index (Phi) is 24.4. The summed E-state index contributed by atoms with van der Waals surface area (Å²) in [6.45, 7) is 4.91. The van der Waals surface area contributed by atoms with E-state index < -0.39 is 11.9 Å². The molecular weight excluding hydrogens is 480 g/mol. The lowest BCUT2D eigenvalue weighted by molar-refractivity contribution is -0.355. The molecule has 0 aliphatic carbocycles. The largest absolute Gasteiger partial charge is 0.331 e. The molecule has 0 aliphatic rings. The number of ether oxygens (including phenoxy) is 6. The fourth-order valence-corrected chi connectivity index (χ4v) is 5.41. The SMILES string of the molecule is COC(CCCCCCCCCC(C)CCC(C)CCCCCCCCCC(OC)(OC)OC)(OC)OC. The van der Waals surface area contributed by atoms with Gasteiger partial charge in [-0.25, -0.2) is 0 Å². The molecule has 0 aliphatic heterocycles. The van der Waals surface area contributed by atoms with Crippen molar-refractivity contribution in [3.8, 4) is 0 Å². The van der Waals surface area contributed by atoms with Gasteiger partial charge in [-0.05, 0) is 24.7 Å². The van der Waals surface area contributed by atoms with Crippen LogP contribution < -0.4 is 0 Å². The van der Waals surface area contributed by atoms with Gasteiger partial charge in [-0.15, -0.1) is 0 Å². The Morgan fingerprint density at radius 2 is 0.579 bits per heavy atom. The molecule has 0 aromatic heterocycles. The Balaban J connectivity index is 3.55. The molecule has 0 radical (unpaired) electrons. The van der Waals surface area contributed by atoms with Gasteiger partial charge < -0.3 is 28.4 Å². The van der Waals surface area contributed by atoms with E-state index >= 15 is 0 Å². The Labute approximate surface area is 237 Å². The van der Waals surface area contributed by atoms with Gasteiger partial charge in [0.2, 0.25) is 0 Å². The summed E-state index contributed by atoms with van der Waals surface area (Å²) < 4.78 is 32.2. The van der Waals surface area contributed by atoms with Gasteiger partial charge >= 0.3 is 0 Å². The first-order valence-electron chi connectivity index (χ1n) is 15.7. The van der Waals surface area contributed by atoms with E-state index in [0.717, 1.165) is 37.5 Å². The fourth-order valence-electron chi connectivity index (χ4n) is 5.41. The molecule has 0 aromatic rings. The summed E-state index contributed by atoms with van der Waals surface area (Å²) in [5.41, 5.74) is 0. The van der Waals surface area contributed by atoms with Gasteiger partial charge in [0.15, 0.2) is 0 Å². The third-order valence-electron chi connectivity index (χ3n) is 8.38. The van der Waals surface area contributed by atoms with Crippen molar-refractivity contribution in [1.29, 1.82) is 0 Å². The molecule has 2 atom stereocenters. The summed E-state index contributed by atoms with van der Waals surface area (Å²) in [7, 11) is 9.84. The van der Waals surface area contributed by atoms with Crippen LogP contribution in [0.2, 0.25) is 0 Å². The summed E-state index contributed by atoms with van der Waals surface area (Å²) in [5, 5.41) is 0. The van der Waals surface area contributed by atoms with Crippen LogP contribution in [0.3, 0.4) is 0 Å². The zero-order chi connectivity index (χ0) is 28.5. The minimum atomic E-state index is -0.859. The molecule has 0 rings (SSSR count). The highest BCUT2D eigenvalue weighted by atomic mass is 16.9.